The molecular formula is C21H33N3O3. The van der Waals surface area contributed by atoms with E-state index in [1.165, 1.54) is 0 Å². The summed E-state index contributed by atoms with van der Waals surface area (Å²) in [7, 11) is 1.67. The topological polar surface area (TPSA) is 53.1 Å². The van der Waals surface area contributed by atoms with Gasteiger partial charge >= 0.3 is 11.8 Å². The van der Waals surface area contributed by atoms with Crippen molar-refractivity contribution in [1.29, 1.82) is 0 Å². The van der Waals surface area contributed by atoms with Gasteiger partial charge in [0.05, 0.1) is 12.8 Å². The van der Waals surface area contributed by atoms with Gasteiger partial charge in [0.25, 0.3) is 0 Å². The predicted molar refractivity (Wildman–Crippen MR) is 108 cm³/mol. The maximum absolute atomic E-state index is 12.7. The zero-order valence-corrected chi connectivity index (χ0v) is 16.9. The molecule has 0 N–H and O–H groups in total. The van der Waals surface area contributed by atoms with Crippen LogP contribution in [0.3, 0.4) is 0 Å². The standard InChI is InChI=1S/C21H33N3O3/c1-4-6-12-23(13-7-5-2)20(25)21(26)24-16-14-22(15-17-24)18-10-8-9-11-19(18)27-3/h8-11H,4-7,12-17H2,1-3H3. The maximum atomic E-state index is 12.7. The van der Waals surface area contributed by atoms with Crippen LogP contribution in [0.25, 0.3) is 0 Å². The average Bonchev–Trinajstić information content (AvgIpc) is 2.73. The van der Waals surface area contributed by atoms with Crippen LogP contribution < -0.4 is 9.64 Å². The lowest BCUT2D eigenvalue weighted by atomic mass is 10.2. The number of piperazine rings is 1. The molecule has 6 heteroatoms. The number of amides is 2. The number of carbonyl (C=O) groups is 2. The number of anilines is 1. The highest BCUT2D eigenvalue weighted by molar-refractivity contribution is 6.34. The molecule has 0 radical (unpaired) electrons. The molecule has 2 rings (SSSR count). The molecule has 1 aliphatic heterocycles. The van der Waals surface area contributed by atoms with Crippen molar-refractivity contribution in [3.05, 3.63) is 24.3 Å². The molecule has 1 aromatic rings. The van der Waals surface area contributed by atoms with Gasteiger partial charge in [-0.3, -0.25) is 9.59 Å². The summed E-state index contributed by atoms with van der Waals surface area (Å²) in [5.41, 5.74) is 1.03. The van der Waals surface area contributed by atoms with Gasteiger partial charge in [0, 0.05) is 39.3 Å². The lowest BCUT2D eigenvalue weighted by Gasteiger charge is -2.37. The Labute approximate surface area is 163 Å². The number of carbonyl (C=O) groups excluding carboxylic acids is 2. The van der Waals surface area contributed by atoms with Crippen LogP contribution in [-0.4, -0.2) is 68.0 Å². The van der Waals surface area contributed by atoms with Gasteiger partial charge in [0.2, 0.25) is 0 Å². The van der Waals surface area contributed by atoms with E-state index in [1.54, 1.807) is 16.9 Å². The van der Waals surface area contributed by atoms with Gasteiger partial charge in [-0.2, -0.15) is 0 Å². The van der Waals surface area contributed by atoms with Gasteiger partial charge in [-0.15, -0.1) is 0 Å². The van der Waals surface area contributed by atoms with Gasteiger partial charge in [-0.25, -0.2) is 0 Å². The summed E-state index contributed by atoms with van der Waals surface area (Å²) in [4.78, 5) is 31.1. The first kappa shape index (κ1) is 21.1. The molecule has 1 saturated heterocycles. The second-order valence-corrected chi connectivity index (χ2v) is 6.95. The number of hydrogen-bond donors (Lipinski definition) is 0. The number of unbranched alkanes of at least 4 members (excludes halogenated alkanes) is 2. The van der Waals surface area contributed by atoms with Crippen LogP contribution in [0.5, 0.6) is 5.75 Å². The zero-order valence-electron chi connectivity index (χ0n) is 16.9. The summed E-state index contributed by atoms with van der Waals surface area (Å²) in [5.74, 6) is 0.128. The van der Waals surface area contributed by atoms with E-state index in [0.29, 0.717) is 39.3 Å². The summed E-state index contributed by atoms with van der Waals surface area (Å²) < 4.78 is 5.43. The molecule has 0 unspecified atom stereocenters. The highest BCUT2D eigenvalue weighted by Crippen LogP contribution is 2.28. The van der Waals surface area contributed by atoms with Crippen molar-refractivity contribution in [1.82, 2.24) is 9.80 Å². The van der Waals surface area contributed by atoms with Crippen molar-refractivity contribution in [2.75, 3.05) is 51.3 Å². The second-order valence-electron chi connectivity index (χ2n) is 6.95. The third kappa shape index (κ3) is 5.62. The quantitative estimate of drug-likeness (QED) is 0.656. The molecule has 0 bridgehead atoms. The Morgan fingerprint density at radius 2 is 1.59 bits per heavy atom. The van der Waals surface area contributed by atoms with E-state index in [9.17, 15) is 9.59 Å². The predicted octanol–water partition coefficient (Wildman–Crippen LogP) is 2.77. The van der Waals surface area contributed by atoms with Crippen molar-refractivity contribution in [2.24, 2.45) is 0 Å². The molecule has 0 atom stereocenters. The summed E-state index contributed by atoms with van der Waals surface area (Å²) >= 11 is 0. The highest BCUT2D eigenvalue weighted by atomic mass is 16.5. The van der Waals surface area contributed by atoms with Gasteiger partial charge in [-0.05, 0) is 25.0 Å². The van der Waals surface area contributed by atoms with Crippen LogP contribution in [0.4, 0.5) is 5.69 Å². The minimum atomic E-state index is -0.359. The number of ether oxygens (including phenoxy) is 1. The number of nitrogens with zero attached hydrogens (tertiary/aromatic N) is 3. The van der Waals surface area contributed by atoms with Crippen LogP contribution in [0.1, 0.15) is 39.5 Å². The number of para-hydroxylation sites is 2. The smallest absolute Gasteiger partial charge is 0.312 e. The summed E-state index contributed by atoms with van der Waals surface area (Å²) in [5, 5.41) is 0. The molecule has 1 aromatic carbocycles. The first-order valence-electron chi connectivity index (χ1n) is 10.1. The number of benzene rings is 1. The highest BCUT2D eigenvalue weighted by Gasteiger charge is 2.29. The number of rotatable bonds is 8. The third-order valence-electron chi connectivity index (χ3n) is 5.03. The molecule has 0 aromatic heterocycles. The molecule has 0 saturated carbocycles. The fraction of sp³-hybridized carbons (Fsp3) is 0.619. The SMILES string of the molecule is CCCCN(CCCC)C(=O)C(=O)N1CCN(c2ccccc2OC)CC1. The third-order valence-corrected chi connectivity index (χ3v) is 5.03. The largest absolute Gasteiger partial charge is 0.495 e. The van der Waals surface area contributed by atoms with Crippen molar-refractivity contribution >= 4 is 17.5 Å². The molecule has 0 aliphatic carbocycles. The number of methoxy groups -OCH3 is 1. The normalized spacial score (nSPS) is 14.2. The van der Waals surface area contributed by atoms with Gasteiger partial charge in [0.15, 0.2) is 0 Å². The van der Waals surface area contributed by atoms with Gasteiger partial charge in [0.1, 0.15) is 5.75 Å². The van der Waals surface area contributed by atoms with Crippen LogP contribution in [-0.2, 0) is 9.59 Å². The molecule has 2 amide bonds. The zero-order chi connectivity index (χ0) is 19.6. The molecule has 1 fully saturated rings. The number of hydrogen-bond acceptors (Lipinski definition) is 4. The Morgan fingerprint density at radius 3 is 2.15 bits per heavy atom. The van der Waals surface area contributed by atoms with Crippen molar-refractivity contribution in [3.8, 4) is 5.75 Å². The minimum Gasteiger partial charge on any atom is -0.495 e. The summed E-state index contributed by atoms with van der Waals surface area (Å²) in [6.45, 7) is 8.04. The van der Waals surface area contributed by atoms with Crippen LogP contribution in [0.15, 0.2) is 24.3 Å². The molecule has 150 valence electrons. The van der Waals surface area contributed by atoms with Gasteiger partial charge < -0.3 is 19.4 Å². The molecule has 27 heavy (non-hydrogen) atoms. The lowest BCUT2D eigenvalue weighted by Crippen LogP contribution is -2.53. The Morgan fingerprint density at radius 1 is 1.00 bits per heavy atom. The van der Waals surface area contributed by atoms with E-state index in [-0.39, 0.29) is 11.8 Å². The molecule has 1 heterocycles. The van der Waals surface area contributed by atoms with E-state index in [2.05, 4.69) is 18.7 Å². The van der Waals surface area contributed by atoms with Crippen molar-refractivity contribution in [2.45, 2.75) is 39.5 Å². The van der Waals surface area contributed by atoms with E-state index in [1.807, 2.05) is 24.3 Å². The van der Waals surface area contributed by atoms with Crippen LogP contribution >= 0.6 is 0 Å². The van der Waals surface area contributed by atoms with E-state index in [0.717, 1.165) is 37.1 Å². The van der Waals surface area contributed by atoms with Crippen molar-refractivity contribution in [3.63, 3.8) is 0 Å². The average molecular weight is 376 g/mol. The summed E-state index contributed by atoms with van der Waals surface area (Å²) in [6.07, 6.45) is 3.90. The monoisotopic (exact) mass is 375 g/mol. The Kier molecular flexibility index (Phi) is 8.43. The Bertz CT molecular complexity index is 604. The Hall–Kier alpha value is -2.24. The lowest BCUT2D eigenvalue weighted by molar-refractivity contribution is -0.152. The fourth-order valence-electron chi connectivity index (χ4n) is 3.32. The fourth-order valence-corrected chi connectivity index (χ4v) is 3.32. The Balaban J connectivity index is 1.95. The van der Waals surface area contributed by atoms with Gasteiger partial charge in [-0.1, -0.05) is 38.8 Å². The molecule has 0 spiro atoms. The molecule has 6 nitrogen and oxygen atoms in total. The molecule has 1 aliphatic rings. The van der Waals surface area contributed by atoms with E-state index < -0.39 is 0 Å². The minimum absolute atomic E-state index is 0.345. The van der Waals surface area contributed by atoms with Crippen LogP contribution in [0, 0.1) is 0 Å². The summed E-state index contributed by atoms with van der Waals surface area (Å²) in [6, 6.07) is 7.90. The van der Waals surface area contributed by atoms with E-state index in [4.69, 9.17) is 4.74 Å². The maximum Gasteiger partial charge on any atom is 0.312 e. The second kappa shape index (κ2) is 10.8. The van der Waals surface area contributed by atoms with E-state index >= 15 is 0 Å². The molecular weight excluding hydrogens is 342 g/mol. The first-order valence-corrected chi connectivity index (χ1v) is 10.1. The first-order chi connectivity index (χ1) is 13.1. The van der Waals surface area contributed by atoms with Crippen molar-refractivity contribution < 1.29 is 14.3 Å². The van der Waals surface area contributed by atoms with Crippen LogP contribution in [0.2, 0.25) is 0 Å².